The number of aromatic nitrogens is 2. The van der Waals surface area contributed by atoms with Crippen molar-refractivity contribution in [3.8, 4) is 0 Å². The molecule has 2 aromatic heterocycles. The average Bonchev–Trinajstić information content (AvgIpc) is 3.10. The number of nitrogens with zero attached hydrogens (tertiary/aromatic N) is 2. The molecule has 0 bridgehead atoms. The number of nitrogens with one attached hydrogen (secondary N) is 1. The molecule has 4 rings (SSSR count). The summed E-state index contributed by atoms with van der Waals surface area (Å²) >= 11 is 2.94. The van der Waals surface area contributed by atoms with Crippen molar-refractivity contribution in [1.29, 1.82) is 0 Å². The number of thiophene rings is 1. The number of benzene rings is 1. The average molecular weight is 454 g/mol. The molecule has 7 heteroatoms. The van der Waals surface area contributed by atoms with E-state index < -0.39 is 0 Å². The second-order valence-corrected chi connectivity index (χ2v) is 10.1. The maximum atomic E-state index is 13.3. The van der Waals surface area contributed by atoms with Crippen LogP contribution >= 0.6 is 23.1 Å². The zero-order valence-electron chi connectivity index (χ0n) is 18.2. The third kappa shape index (κ3) is 4.34. The number of amides is 1. The normalized spacial score (nSPS) is 13.3. The lowest BCUT2D eigenvalue weighted by Crippen LogP contribution is -2.24. The van der Waals surface area contributed by atoms with Crippen molar-refractivity contribution >= 4 is 44.9 Å². The van der Waals surface area contributed by atoms with E-state index in [0.29, 0.717) is 11.7 Å². The Kier molecular flexibility index (Phi) is 6.34. The lowest BCUT2D eigenvalue weighted by molar-refractivity contribution is -0.113. The lowest BCUT2D eigenvalue weighted by atomic mass is 9.97. The predicted molar refractivity (Wildman–Crippen MR) is 131 cm³/mol. The van der Waals surface area contributed by atoms with E-state index in [1.54, 1.807) is 22.0 Å². The second kappa shape index (κ2) is 9.01. The number of anilines is 1. The molecule has 1 aromatic carbocycles. The monoisotopic (exact) mass is 453 g/mol. The van der Waals surface area contributed by atoms with E-state index in [0.717, 1.165) is 46.3 Å². The number of thioether (sulfide) groups is 1. The highest BCUT2D eigenvalue weighted by atomic mass is 32.2. The van der Waals surface area contributed by atoms with Crippen molar-refractivity contribution in [2.75, 3.05) is 11.1 Å². The lowest BCUT2D eigenvalue weighted by Gasteiger charge is -2.14. The van der Waals surface area contributed by atoms with Gasteiger partial charge >= 0.3 is 0 Å². The van der Waals surface area contributed by atoms with Gasteiger partial charge in [-0.1, -0.05) is 35.5 Å². The molecule has 0 spiro atoms. The Bertz CT molecular complexity index is 1220. The fourth-order valence-electron chi connectivity index (χ4n) is 4.30. The van der Waals surface area contributed by atoms with Gasteiger partial charge in [0.1, 0.15) is 4.83 Å². The van der Waals surface area contributed by atoms with Crippen molar-refractivity contribution in [1.82, 2.24) is 9.55 Å². The Morgan fingerprint density at radius 1 is 1.26 bits per heavy atom. The first-order valence-electron chi connectivity index (χ1n) is 10.6. The second-order valence-electron chi connectivity index (χ2n) is 8.10. The number of allylic oxidation sites excluding steroid dienone is 1. The highest BCUT2D eigenvalue weighted by molar-refractivity contribution is 7.99. The van der Waals surface area contributed by atoms with E-state index in [1.165, 1.54) is 34.2 Å². The van der Waals surface area contributed by atoms with Gasteiger partial charge in [0.05, 0.1) is 11.1 Å². The van der Waals surface area contributed by atoms with Crippen LogP contribution in [0.4, 0.5) is 5.69 Å². The number of aryl methyl sites for hydroxylation is 5. The van der Waals surface area contributed by atoms with Crippen LogP contribution in [0.5, 0.6) is 0 Å². The molecule has 1 aliphatic rings. The fourth-order valence-corrected chi connectivity index (χ4v) is 6.41. The number of fused-ring (bicyclic) bond motifs is 3. The van der Waals surface area contributed by atoms with Gasteiger partial charge < -0.3 is 5.32 Å². The van der Waals surface area contributed by atoms with Gasteiger partial charge in [0.15, 0.2) is 5.16 Å². The van der Waals surface area contributed by atoms with Crippen molar-refractivity contribution in [3.63, 3.8) is 0 Å². The first-order chi connectivity index (χ1) is 14.9. The summed E-state index contributed by atoms with van der Waals surface area (Å²) in [6.45, 7) is 10.2. The van der Waals surface area contributed by atoms with Crippen LogP contribution in [0.25, 0.3) is 10.2 Å². The summed E-state index contributed by atoms with van der Waals surface area (Å²) in [4.78, 5) is 32.9. The SMILES string of the molecule is C=CCn1c(SCC(=O)Nc2c(C)cc(C)cc2C)nc2sc3c(c2c1=O)CCCC3. The quantitative estimate of drug-likeness (QED) is 0.317. The van der Waals surface area contributed by atoms with E-state index in [2.05, 4.69) is 24.0 Å². The van der Waals surface area contributed by atoms with Crippen LogP contribution in [-0.2, 0) is 24.2 Å². The topological polar surface area (TPSA) is 64.0 Å². The van der Waals surface area contributed by atoms with Gasteiger partial charge in [0, 0.05) is 17.1 Å². The Morgan fingerprint density at radius 2 is 1.97 bits per heavy atom. The summed E-state index contributed by atoms with van der Waals surface area (Å²) in [6, 6.07) is 4.12. The minimum Gasteiger partial charge on any atom is -0.325 e. The number of carbonyl (C=O) groups excluding carboxylic acids is 1. The molecule has 1 N–H and O–H groups in total. The largest absolute Gasteiger partial charge is 0.325 e. The maximum Gasteiger partial charge on any atom is 0.263 e. The van der Waals surface area contributed by atoms with Gasteiger partial charge in [-0.3, -0.25) is 14.2 Å². The third-order valence-electron chi connectivity index (χ3n) is 5.63. The molecule has 3 aromatic rings. The highest BCUT2D eigenvalue weighted by Gasteiger charge is 2.22. The van der Waals surface area contributed by atoms with Gasteiger partial charge in [-0.25, -0.2) is 4.98 Å². The molecule has 0 atom stereocenters. The van der Waals surface area contributed by atoms with Crippen LogP contribution in [0.15, 0.2) is 34.7 Å². The number of carbonyl (C=O) groups is 1. The molecule has 0 unspecified atom stereocenters. The molecule has 0 fully saturated rings. The fraction of sp³-hybridized carbons (Fsp3) is 0.375. The summed E-state index contributed by atoms with van der Waals surface area (Å²) in [6.07, 6.45) is 5.97. The Morgan fingerprint density at radius 3 is 2.68 bits per heavy atom. The van der Waals surface area contributed by atoms with Crippen LogP contribution in [0.1, 0.15) is 40.0 Å². The van der Waals surface area contributed by atoms with E-state index in [9.17, 15) is 9.59 Å². The first kappa shape index (κ1) is 21.8. The van der Waals surface area contributed by atoms with Crippen molar-refractivity contribution in [2.24, 2.45) is 0 Å². The first-order valence-corrected chi connectivity index (χ1v) is 12.4. The molecule has 162 valence electrons. The number of hydrogen-bond donors (Lipinski definition) is 1. The standard InChI is InChI=1S/C24H27N3O2S2/c1-5-10-27-23(29)20-17-8-6-7-9-18(17)31-22(20)26-24(27)30-13-19(28)25-21-15(3)11-14(2)12-16(21)4/h5,11-12H,1,6-10,13H2,2-4H3,(H,25,28). The number of hydrogen-bond acceptors (Lipinski definition) is 5. The minimum absolute atomic E-state index is 0.0163. The molecule has 31 heavy (non-hydrogen) atoms. The molecule has 1 aliphatic carbocycles. The summed E-state index contributed by atoms with van der Waals surface area (Å²) in [5, 5.41) is 4.36. The predicted octanol–water partition coefficient (Wildman–Crippen LogP) is 5.18. The zero-order valence-corrected chi connectivity index (χ0v) is 19.8. The molecule has 0 saturated heterocycles. The van der Waals surface area contributed by atoms with Crippen LogP contribution in [0.3, 0.4) is 0 Å². The Labute approximate surface area is 190 Å². The van der Waals surface area contributed by atoms with Gasteiger partial charge in [-0.2, -0.15) is 0 Å². The molecule has 0 saturated carbocycles. The van der Waals surface area contributed by atoms with Gasteiger partial charge in [0.2, 0.25) is 5.91 Å². The highest BCUT2D eigenvalue weighted by Crippen LogP contribution is 2.34. The van der Waals surface area contributed by atoms with Crippen LogP contribution < -0.4 is 10.9 Å². The van der Waals surface area contributed by atoms with Gasteiger partial charge in [-0.15, -0.1) is 17.9 Å². The molecule has 0 aliphatic heterocycles. The summed E-state index contributed by atoms with van der Waals surface area (Å²) in [5.74, 6) is 0.0810. The third-order valence-corrected chi connectivity index (χ3v) is 7.79. The van der Waals surface area contributed by atoms with E-state index in [4.69, 9.17) is 4.98 Å². The van der Waals surface area contributed by atoms with E-state index in [1.807, 2.05) is 20.8 Å². The van der Waals surface area contributed by atoms with Gasteiger partial charge in [0.25, 0.3) is 5.56 Å². The zero-order chi connectivity index (χ0) is 22.1. The summed E-state index contributed by atoms with van der Waals surface area (Å²) in [7, 11) is 0. The van der Waals surface area contributed by atoms with Crippen LogP contribution in [-0.4, -0.2) is 21.2 Å². The molecule has 2 heterocycles. The Balaban J connectivity index is 1.61. The van der Waals surface area contributed by atoms with E-state index in [-0.39, 0.29) is 17.2 Å². The molecular weight excluding hydrogens is 426 g/mol. The smallest absolute Gasteiger partial charge is 0.263 e. The van der Waals surface area contributed by atoms with Crippen molar-refractivity contribution < 1.29 is 4.79 Å². The molecule has 5 nitrogen and oxygen atoms in total. The molecular formula is C24H27N3O2S2. The molecule has 0 radical (unpaired) electrons. The molecule has 1 amide bonds. The van der Waals surface area contributed by atoms with Crippen molar-refractivity contribution in [3.05, 3.63) is 62.3 Å². The van der Waals surface area contributed by atoms with Crippen LogP contribution in [0.2, 0.25) is 0 Å². The van der Waals surface area contributed by atoms with E-state index >= 15 is 0 Å². The van der Waals surface area contributed by atoms with Gasteiger partial charge in [-0.05, 0) is 63.1 Å². The van der Waals surface area contributed by atoms with Crippen LogP contribution in [0, 0.1) is 20.8 Å². The van der Waals surface area contributed by atoms with Crippen molar-refractivity contribution in [2.45, 2.75) is 58.2 Å². The number of rotatable bonds is 6. The minimum atomic E-state index is -0.106. The maximum absolute atomic E-state index is 13.3. The Hall–Kier alpha value is -2.38. The summed E-state index contributed by atoms with van der Waals surface area (Å²) < 4.78 is 1.65. The summed E-state index contributed by atoms with van der Waals surface area (Å²) in [5.41, 5.74) is 5.28.